The van der Waals surface area contributed by atoms with Gasteiger partial charge in [-0.15, -0.1) is 23.7 Å². The molecule has 1 N–H and O–H groups in total. The number of ether oxygens (including phenoxy) is 1. The molecule has 1 aliphatic rings. The van der Waals surface area contributed by atoms with Gasteiger partial charge in [-0.1, -0.05) is 36.4 Å². The Morgan fingerprint density at radius 3 is 2.70 bits per heavy atom. The van der Waals surface area contributed by atoms with E-state index < -0.39 is 0 Å². The van der Waals surface area contributed by atoms with Crippen LogP contribution in [0, 0.1) is 0 Å². The molecule has 3 aromatic rings. The van der Waals surface area contributed by atoms with Crippen molar-refractivity contribution >= 4 is 34.8 Å². The van der Waals surface area contributed by atoms with Gasteiger partial charge in [0.25, 0.3) is 0 Å². The lowest BCUT2D eigenvalue weighted by atomic mass is 10.00. The highest BCUT2D eigenvalue weighted by Crippen LogP contribution is 2.22. The number of hydrogen-bond acceptors (Lipinski definition) is 5. The molecule has 0 saturated heterocycles. The predicted molar refractivity (Wildman–Crippen MR) is 124 cm³/mol. The largest absolute Gasteiger partial charge is 0.494 e. The van der Waals surface area contributed by atoms with Crippen molar-refractivity contribution < 1.29 is 9.53 Å². The quantitative estimate of drug-likeness (QED) is 0.574. The number of rotatable bonds is 7. The summed E-state index contributed by atoms with van der Waals surface area (Å²) in [5.41, 5.74) is 4.81. The molecule has 0 atom stereocenters. The fourth-order valence-corrected chi connectivity index (χ4v) is 4.29. The molecule has 158 valence electrons. The van der Waals surface area contributed by atoms with Crippen molar-refractivity contribution in [3.05, 3.63) is 76.3 Å². The lowest BCUT2D eigenvalue weighted by molar-refractivity contribution is -0.115. The number of nitrogens with zero attached hydrogens (tertiary/aromatic N) is 2. The molecule has 4 rings (SSSR count). The van der Waals surface area contributed by atoms with Crippen LogP contribution in [0.5, 0.6) is 5.75 Å². The Bertz CT molecular complexity index is 975. The number of carbonyl (C=O) groups is 1. The molecule has 1 aliphatic heterocycles. The molecular formula is C23H26ClN3O2S. The number of benzene rings is 2. The summed E-state index contributed by atoms with van der Waals surface area (Å²) >= 11 is 1.48. The van der Waals surface area contributed by atoms with Crippen molar-refractivity contribution in [1.82, 2.24) is 9.88 Å². The molecule has 0 radical (unpaired) electrons. The van der Waals surface area contributed by atoms with Gasteiger partial charge in [-0.05, 0) is 42.2 Å². The number of nitrogens with one attached hydrogen (secondary N) is 1. The summed E-state index contributed by atoms with van der Waals surface area (Å²) in [6, 6.07) is 16.3. The number of aromatic nitrogens is 1. The number of anilines is 1. The van der Waals surface area contributed by atoms with E-state index in [1.165, 1.54) is 22.5 Å². The van der Waals surface area contributed by atoms with Crippen molar-refractivity contribution in [3.63, 3.8) is 0 Å². The number of halogens is 1. The average molecular weight is 444 g/mol. The first-order valence-electron chi connectivity index (χ1n) is 9.94. The number of hydrogen-bond donors (Lipinski definition) is 1. The van der Waals surface area contributed by atoms with Gasteiger partial charge in [0.2, 0.25) is 5.91 Å². The molecule has 0 saturated carbocycles. The van der Waals surface area contributed by atoms with E-state index in [9.17, 15) is 4.79 Å². The third-order valence-electron chi connectivity index (χ3n) is 4.99. The van der Waals surface area contributed by atoms with Crippen LogP contribution in [-0.2, 0) is 30.7 Å². The molecule has 0 aliphatic carbocycles. The second kappa shape index (κ2) is 10.6. The van der Waals surface area contributed by atoms with Gasteiger partial charge in [-0.25, -0.2) is 4.98 Å². The van der Waals surface area contributed by atoms with Crippen LogP contribution < -0.4 is 10.1 Å². The molecule has 7 heteroatoms. The zero-order chi connectivity index (χ0) is 20.1. The number of amides is 1. The van der Waals surface area contributed by atoms with Crippen LogP contribution in [-0.4, -0.2) is 28.9 Å². The van der Waals surface area contributed by atoms with E-state index in [2.05, 4.69) is 39.5 Å². The fraction of sp³-hybridized carbons (Fsp3) is 0.304. The van der Waals surface area contributed by atoms with Gasteiger partial charge >= 0.3 is 0 Å². The molecule has 0 fully saturated rings. The summed E-state index contributed by atoms with van der Waals surface area (Å²) in [4.78, 5) is 19.4. The van der Waals surface area contributed by atoms with Gasteiger partial charge in [-0.2, -0.15) is 0 Å². The normalized spacial score (nSPS) is 13.2. The predicted octanol–water partition coefficient (Wildman–Crippen LogP) is 4.70. The van der Waals surface area contributed by atoms with Gasteiger partial charge in [0.1, 0.15) is 5.75 Å². The minimum atomic E-state index is -0.0537. The first-order chi connectivity index (χ1) is 14.2. The second-order valence-electron chi connectivity index (χ2n) is 7.18. The maximum atomic E-state index is 12.3. The highest BCUT2D eigenvalue weighted by atomic mass is 35.5. The lowest BCUT2D eigenvalue weighted by Gasteiger charge is -2.27. The molecule has 0 bridgehead atoms. The van der Waals surface area contributed by atoms with Crippen molar-refractivity contribution in [1.29, 1.82) is 0 Å². The highest BCUT2D eigenvalue weighted by molar-refractivity contribution is 7.13. The summed E-state index contributed by atoms with van der Waals surface area (Å²) in [6.45, 7) is 5.38. The summed E-state index contributed by atoms with van der Waals surface area (Å²) in [5.74, 6) is 0.767. The highest BCUT2D eigenvalue weighted by Gasteiger charge is 2.17. The number of thiazole rings is 1. The summed E-state index contributed by atoms with van der Waals surface area (Å²) < 4.78 is 5.43. The minimum Gasteiger partial charge on any atom is -0.494 e. The Hall–Kier alpha value is -2.41. The van der Waals surface area contributed by atoms with Gasteiger partial charge in [0, 0.05) is 25.0 Å². The maximum absolute atomic E-state index is 12.3. The SMILES string of the molecule is CCOc1ccc(CC(=O)Nc2nc(CN3CCc4ccccc4C3)cs2)cc1.Cl. The standard InChI is InChI=1S/C23H25N3O2S.ClH/c1-2-28-21-9-7-17(8-10-21)13-22(27)25-23-24-20(16-29-23)15-26-12-11-18-5-3-4-6-19(18)14-26;/h3-10,16H,2,11-15H2,1H3,(H,24,25,27);1H. The Labute approximate surface area is 187 Å². The van der Waals surface area contributed by atoms with Crippen LogP contribution in [0.2, 0.25) is 0 Å². The number of fused-ring (bicyclic) bond motifs is 1. The average Bonchev–Trinajstić information content (AvgIpc) is 3.16. The van der Waals surface area contributed by atoms with E-state index in [0.717, 1.165) is 43.1 Å². The summed E-state index contributed by atoms with van der Waals surface area (Å²) in [5, 5.41) is 5.62. The first kappa shape index (κ1) is 22.3. The molecule has 1 amide bonds. The molecule has 30 heavy (non-hydrogen) atoms. The molecule has 0 spiro atoms. The first-order valence-corrected chi connectivity index (χ1v) is 10.8. The van der Waals surface area contributed by atoms with Crippen LogP contribution >= 0.6 is 23.7 Å². The van der Waals surface area contributed by atoms with Gasteiger partial charge in [0.15, 0.2) is 5.13 Å². The third kappa shape index (κ3) is 5.81. The van der Waals surface area contributed by atoms with Crippen LogP contribution in [0.15, 0.2) is 53.9 Å². The molecule has 0 unspecified atom stereocenters. The van der Waals surface area contributed by atoms with Gasteiger partial charge in [-0.3, -0.25) is 9.69 Å². The topological polar surface area (TPSA) is 54.5 Å². The maximum Gasteiger partial charge on any atom is 0.230 e. The van der Waals surface area contributed by atoms with Crippen LogP contribution in [0.1, 0.15) is 29.3 Å². The monoisotopic (exact) mass is 443 g/mol. The van der Waals surface area contributed by atoms with E-state index >= 15 is 0 Å². The van der Waals surface area contributed by atoms with E-state index in [0.29, 0.717) is 18.2 Å². The zero-order valence-electron chi connectivity index (χ0n) is 17.0. The second-order valence-corrected chi connectivity index (χ2v) is 8.03. The Morgan fingerprint density at radius 2 is 1.93 bits per heavy atom. The van der Waals surface area contributed by atoms with Crippen molar-refractivity contribution in [2.45, 2.75) is 32.9 Å². The van der Waals surface area contributed by atoms with Gasteiger partial charge < -0.3 is 10.1 Å². The smallest absolute Gasteiger partial charge is 0.230 e. The van der Waals surface area contributed by atoms with Crippen LogP contribution in [0.25, 0.3) is 0 Å². The fourth-order valence-electron chi connectivity index (χ4n) is 3.57. The van der Waals surface area contributed by atoms with Crippen molar-refractivity contribution in [2.24, 2.45) is 0 Å². The molecule has 2 aromatic carbocycles. The Morgan fingerprint density at radius 1 is 1.17 bits per heavy atom. The van der Waals surface area contributed by atoms with Crippen LogP contribution in [0.4, 0.5) is 5.13 Å². The van der Waals surface area contributed by atoms with E-state index in [4.69, 9.17) is 4.74 Å². The van der Waals surface area contributed by atoms with Crippen molar-refractivity contribution in [3.8, 4) is 5.75 Å². The van der Waals surface area contributed by atoms with E-state index in [1.54, 1.807) is 0 Å². The number of carbonyl (C=O) groups excluding carboxylic acids is 1. The molecule has 1 aromatic heterocycles. The van der Waals surface area contributed by atoms with Gasteiger partial charge in [0.05, 0.1) is 18.7 Å². The van der Waals surface area contributed by atoms with Crippen molar-refractivity contribution in [2.75, 3.05) is 18.5 Å². The lowest BCUT2D eigenvalue weighted by Crippen LogP contribution is -2.30. The zero-order valence-corrected chi connectivity index (χ0v) is 18.6. The Kier molecular flexibility index (Phi) is 7.85. The molecule has 5 nitrogen and oxygen atoms in total. The van der Waals surface area contributed by atoms with E-state index in [-0.39, 0.29) is 18.3 Å². The molecule has 2 heterocycles. The third-order valence-corrected chi connectivity index (χ3v) is 5.80. The Balaban J connectivity index is 0.00000256. The molecular weight excluding hydrogens is 418 g/mol. The summed E-state index contributed by atoms with van der Waals surface area (Å²) in [6.07, 6.45) is 1.40. The summed E-state index contributed by atoms with van der Waals surface area (Å²) in [7, 11) is 0. The van der Waals surface area contributed by atoms with E-state index in [1.807, 2.05) is 36.6 Å². The van der Waals surface area contributed by atoms with Crippen LogP contribution in [0.3, 0.4) is 0 Å². The minimum absolute atomic E-state index is 0.